The Morgan fingerprint density at radius 1 is 1.35 bits per heavy atom. The number of ketones is 1. The first-order valence-corrected chi connectivity index (χ1v) is 5.45. The molecular formula is C13H16F2O2. The summed E-state index contributed by atoms with van der Waals surface area (Å²) in [6.07, 6.45) is -0.637. The number of carbonyl (C=O) groups is 1. The van der Waals surface area contributed by atoms with Crippen LogP contribution in [0, 0.1) is 17.6 Å². The molecule has 0 aliphatic heterocycles. The van der Waals surface area contributed by atoms with Crippen LogP contribution in [-0.2, 0) is 16.0 Å². The fraction of sp³-hybridized carbons (Fsp3) is 0.462. The molecule has 0 saturated carbocycles. The third kappa shape index (κ3) is 3.60. The molecule has 0 bridgehead atoms. The molecule has 0 aromatic heterocycles. The Morgan fingerprint density at radius 3 is 2.47 bits per heavy atom. The Labute approximate surface area is 99.6 Å². The highest BCUT2D eigenvalue weighted by Gasteiger charge is 2.22. The molecule has 0 radical (unpaired) electrons. The van der Waals surface area contributed by atoms with Gasteiger partial charge in [0.1, 0.15) is 17.7 Å². The van der Waals surface area contributed by atoms with E-state index in [4.69, 9.17) is 4.74 Å². The van der Waals surface area contributed by atoms with Gasteiger partial charge in [0.05, 0.1) is 0 Å². The first kappa shape index (κ1) is 13.8. The highest BCUT2D eigenvalue weighted by Crippen LogP contribution is 2.14. The largest absolute Gasteiger partial charge is 0.373 e. The molecule has 0 aliphatic carbocycles. The van der Waals surface area contributed by atoms with E-state index >= 15 is 0 Å². The quantitative estimate of drug-likeness (QED) is 0.793. The molecule has 1 aromatic carbocycles. The van der Waals surface area contributed by atoms with Crippen molar-refractivity contribution in [1.29, 1.82) is 0 Å². The van der Waals surface area contributed by atoms with E-state index in [1.54, 1.807) is 0 Å². The molecule has 2 nitrogen and oxygen atoms in total. The van der Waals surface area contributed by atoms with E-state index in [-0.39, 0.29) is 23.7 Å². The van der Waals surface area contributed by atoms with Gasteiger partial charge >= 0.3 is 0 Å². The smallest absolute Gasteiger partial charge is 0.166 e. The summed E-state index contributed by atoms with van der Waals surface area (Å²) in [5, 5.41) is 0. The summed E-state index contributed by atoms with van der Waals surface area (Å²) in [5.74, 6) is -1.52. The second kappa shape index (κ2) is 5.87. The molecule has 0 fully saturated rings. The molecule has 1 unspecified atom stereocenters. The van der Waals surface area contributed by atoms with Crippen LogP contribution in [0.2, 0.25) is 0 Å². The van der Waals surface area contributed by atoms with Crippen LogP contribution in [0.4, 0.5) is 8.78 Å². The lowest BCUT2D eigenvalue weighted by Crippen LogP contribution is -2.30. The van der Waals surface area contributed by atoms with Crippen LogP contribution in [0.5, 0.6) is 0 Å². The standard InChI is InChI=1S/C13H16F2O2/c1-8(2)13(17-3)12(16)6-9-4-5-10(14)7-11(9)15/h4-5,7-8,13H,6H2,1-3H3. The number of carbonyl (C=O) groups excluding carboxylic acids is 1. The third-order valence-corrected chi connectivity index (χ3v) is 2.56. The first-order chi connectivity index (χ1) is 7.95. The summed E-state index contributed by atoms with van der Waals surface area (Å²) in [7, 11) is 1.45. The fourth-order valence-corrected chi connectivity index (χ4v) is 1.73. The summed E-state index contributed by atoms with van der Waals surface area (Å²) in [6.45, 7) is 3.71. The zero-order valence-corrected chi connectivity index (χ0v) is 10.2. The molecule has 0 aliphatic rings. The zero-order valence-electron chi connectivity index (χ0n) is 10.2. The van der Waals surface area contributed by atoms with Gasteiger partial charge in [0.15, 0.2) is 5.78 Å². The number of rotatable bonds is 5. The van der Waals surface area contributed by atoms with Gasteiger partial charge in [-0.15, -0.1) is 0 Å². The first-order valence-electron chi connectivity index (χ1n) is 5.45. The maximum absolute atomic E-state index is 13.3. The van der Waals surface area contributed by atoms with E-state index in [1.165, 1.54) is 13.2 Å². The maximum Gasteiger partial charge on any atom is 0.166 e. The number of hydrogen-bond acceptors (Lipinski definition) is 2. The number of hydrogen-bond donors (Lipinski definition) is 0. The van der Waals surface area contributed by atoms with Crippen LogP contribution in [0.15, 0.2) is 18.2 Å². The van der Waals surface area contributed by atoms with Crippen LogP contribution >= 0.6 is 0 Å². The van der Waals surface area contributed by atoms with Crippen LogP contribution in [0.1, 0.15) is 19.4 Å². The fourth-order valence-electron chi connectivity index (χ4n) is 1.73. The summed E-state index contributed by atoms with van der Waals surface area (Å²) in [6, 6.07) is 3.21. The summed E-state index contributed by atoms with van der Waals surface area (Å²) in [4.78, 5) is 11.8. The van der Waals surface area contributed by atoms with Crippen LogP contribution in [0.25, 0.3) is 0 Å². The Morgan fingerprint density at radius 2 is 2.00 bits per heavy atom. The van der Waals surface area contributed by atoms with Crippen LogP contribution in [-0.4, -0.2) is 19.0 Å². The molecule has 0 spiro atoms. The van der Waals surface area contributed by atoms with E-state index in [0.29, 0.717) is 0 Å². The molecule has 0 amide bonds. The van der Waals surface area contributed by atoms with Crippen molar-refractivity contribution in [2.24, 2.45) is 5.92 Å². The lowest BCUT2D eigenvalue weighted by molar-refractivity contribution is -0.130. The Kier molecular flexibility index (Phi) is 4.75. The van der Waals surface area contributed by atoms with Gasteiger partial charge in [-0.25, -0.2) is 8.78 Å². The Hall–Kier alpha value is -1.29. The van der Waals surface area contributed by atoms with Gasteiger partial charge in [0.25, 0.3) is 0 Å². The molecule has 0 saturated heterocycles. The zero-order chi connectivity index (χ0) is 13.0. The van der Waals surface area contributed by atoms with Gasteiger partial charge < -0.3 is 4.74 Å². The molecule has 1 atom stereocenters. The number of methoxy groups -OCH3 is 1. The van der Waals surface area contributed by atoms with Crippen molar-refractivity contribution in [3.63, 3.8) is 0 Å². The van der Waals surface area contributed by atoms with Crippen molar-refractivity contribution in [3.05, 3.63) is 35.4 Å². The monoisotopic (exact) mass is 242 g/mol. The second-order valence-corrected chi connectivity index (χ2v) is 4.28. The minimum Gasteiger partial charge on any atom is -0.373 e. The molecule has 1 rings (SSSR count). The number of Topliss-reactive ketones (excluding diaryl/α,β-unsaturated/α-hetero) is 1. The molecule has 4 heteroatoms. The SMILES string of the molecule is COC(C(=O)Cc1ccc(F)cc1F)C(C)C. The van der Waals surface area contributed by atoms with E-state index in [1.807, 2.05) is 13.8 Å². The summed E-state index contributed by atoms with van der Waals surface area (Å²) < 4.78 is 31.1. The van der Waals surface area contributed by atoms with Crippen molar-refractivity contribution in [2.75, 3.05) is 7.11 Å². The van der Waals surface area contributed by atoms with E-state index in [9.17, 15) is 13.6 Å². The topological polar surface area (TPSA) is 26.3 Å². The molecule has 17 heavy (non-hydrogen) atoms. The number of ether oxygens (including phenoxy) is 1. The predicted octanol–water partition coefficient (Wildman–Crippen LogP) is 2.75. The Bertz CT molecular complexity index is 402. The molecule has 0 N–H and O–H groups in total. The predicted molar refractivity (Wildman–Crippen MR) is 60.7 cm³/mol. The average Bonchev–Trinajstić information content (AvgIpc) is 2.22. The van der Waals surface area contributed by atoms with Crippen LogP contribution < -0.4 is 0 Å². The third-order valence-electron chi connectivity index (χ3n) is 2.56. The van der Waals surface area contributed by atoms with Crippen molar-refractivity contribution in [2.45, 2.75) is 26.4 Å². The van der Waals surface area contributed by atoms with Crippen molar-refractivity contribution in [1.82, 2.24) is 0 Å². The minimum atomic E-state index is -0.697. The Balaban J connectivity index is 2.80. The van der Waals surface area contributed by atoms with Gasteiger partial charge in [0.2, 0.25) is 0 Å². The van der Waals surface area contributed by atoms with E-state index in [2.05, 4.69) is 0 Å². The van der Waals surface area contributed by atoms with Gasteiger partial charge in [-0.05, 0) is 17.5 Å². The molecule has 94 valence electrons. The second-order valence-electron chi connectivity index (χ2n) is 4.28. The van der Waals surface area contributed by atoms with Crippen LogP contribution in [0.3, 0.4) is 0 Å². The lowest BCUT2D eigenvalue weighted by atomic mass is 9.97. The molecule has 1 aromatic rings. The van der Waals surface area contributed by atoms with E-state index < -0.39 is 17.7 Å². The normalized spacial score (nSPS) is 12.8. The summed E-state index contributed by atoms with van der Waals surface area (Å²) in [5.41, 5.74) is 0.194. The van der Waals surface area contributed by atoms with Crippen molar-refractivity contribution in [3.8, 4) is 0 Å². The molecular weight excluding hydrogens is 226 g/mol. The number of halogens is 2. The van der Waals surface area contributed by atoms with Gasteiger partial charge in [-0.1, -0.05) is 19.9 Å². The highest BCUT2D eigenvalue weighted by molar-refractivity contribution is 5.85. The highest BCUT2D eigenvalue weighted by atomic mass is 19.1. The van der Waals surface area contributed by atoms with E-state index in [0.717, 1.165) is 12.1 Å². The maximum atomic E-state index is 13.3. The minimum absolute atomic E-state index is 0.0241. The van der Waals surface area contributed by atoms with Gasteiger partial charge in [-0.3, -0.25) is 4.79 Å². The van der Waals surface area contributed by atoms with Gasteiger partial charge in [-0.2, -0.15) is 0 Å². The average molecular weight is 242 g/mol. The van der Waals surface area contributed by atoms with Crippen molar-refractivity contribution < 1.29 is 18.3 Å². The lowest BCUT2D eigenvalue weighted by Gasteiger charge is -2.17. The van der Waals surface area contributed by atoms with Crippen molar-refractivity contribution >= 4 is 5.78 Å². The van der Waals surface area contributed by atoms with Gasteiger partial charge in [0, 0.05) is 19.6 Å². The number of benzene rings is 1. The summed E-state index contributed by atoms with van der Waals surface area (Å²) >= 11 is 0. The molecule has 0 heterocycles.